The van der Waals surface area contributed by atoms with Crippen LogP contribution in [0.1, 0.15) is 37.6 Å². The van der Waals surface area contributed by atoms with Gasteiger partial charge in [0.25, 0.3) is 0 Å². The van der Waals surface area contributed by atoms with Crippen molar-refractivity contribution in [2.75, 3.05) is 0 Å². The summed E-state index contributed by atoms with van der Waals surface area (Å²) in [4.78, 5) is 9.12. The first kappa shape index (κ1) is 15.5. The summed E-state index contributed by atoms with van der Waals surface area (Å²) in [6.07, 6.45) is 0. The van der Waals surface area contributed by atoms with E-state index < -0.39 is 0 Å². The minimum Gasteiger partial charge on any atom is -0.231 e. The Labute approximate surface area is 133 Å². The molecule has 0 radical (unpaired) electrons. The molecule has 1 aromatic heterocycles. The third-order valence-corrected chi connectivity index (χ3v) is 4.25. The van der Waals surface area contributed by atoms with Gasteiger partial charge in [-0.15, -0.1) is 0 Å². The molecule has 1 aromatic carbocycles. The quantitative estimate of drug-likeness (QED) is 0.635. The van der Waals surface area contributed by atoms with Crippen molar-refractivity contribution in [1.82, 2.24) is 9.97 Å². The summed E-state index contributed by atoms with van der Waals surface area (Å²) in [6, 6.07) is 6.30. The maximum absolute atomic E-state index is 6.26. The van der Waals surface area contributed by atoms with Crippen LogP contribution in [0.3, 0.4) is 0 Å². The fraction of sp³-hybridized carbons (Fsp3) is 0.375. The molecule has 1 heterocycles. The zero-order valence-electron chi connectivity index (χ0n) is 12.4. The molecule has 0 unspecified atom stereocenters. The molecule has 0 aliphatic heterocycles. The lowest BCUT2D eigenvalue weighted by atomic mass is 9.92. The lowest BCUT2D eigenvalue weighted by Gasteiger charge is -2.20. The van der Waals surface area contributed by atoms with Crippen LogP contribution in [0, 0.1) is 13.8 Å². The number of halogens is 2. The van der Waals surface area contributed by atoms with Gasteiger partial charge in [0.05, 0.1) is 10.2 Å². The molecule has 0 aliphatic rings. The molecule has 106 valence electrons. The van der Waals surface area contributed by atoms with Crippen LogP contribution in [0.2, 0.25) is 5.15 Å². The Morgan fingerprint density at radius 3 is 2.05 bits per heavy atom. The summed E-state index contributed by atoms with van der Waals surface area (Å²) in [7, 11) is 0. The highest BCUT2D eigenvalue weighted by molar-refractivity contribution is 9.10. The second-order valence-electron chi connectivity index (χ2n) is 6.13. The van der Waals surface area contributed by atoms with Crippen molar-refractivity contribution in [2.24, 2.45) is 0 Å². The van der Waals surface area contributed by atoms with Crippen molar-refractivity contribution in [3.63, 3.8) is 0 Å². The topological polar surface area (TPSA) is 25.8 Å². The molecule has 2 nitrogen and oxygen atoms in total. The molecule has 0 atom stereocenters. The van der Waals surface area contributed by atoms with Crippen LogP contribution < -0.4 is 0 Å². The first-order valence-electron chi connectivity index (χ1n) is 6.50. The van der Waals surface area contributed by atoms with Crippen LogP contribution in [-0.4, -0.2) is 9.97 Å². The molecule has 0 N–H and O–H groups in total. The predicted molar refractivity (Wildman–Crippen MR) is 88.4 cm³/mol. The summed E-state index contributed by atoms with van der Waals surface area (Å²) >= 11 is 9.75. The lowest BCUT2D eigenvalue weighted by molar-refractivity contribution is 0.564. The summed E-state index contributed by atoms with van der Waals surface area (Å²) in [6.45, 7) is 10.5. The van der Waals surface area contributed by atoms with Gasteiger partial charge in [-0.3, -0.25) is 0 Å². The molecule has 2 aromatic rings. The average Bonchev–Trinajstić information content (AvgIpc) is 2.29. The monoisotopic (exact) mass is 352 g/mol. The number of aromatic nitrogens is 2. The van der Waals surface area contributed by atoms with Gasteiger partial charge in [-0.1, -0.05) is 49.6 Å². The fourth-order valence-corrected chi connectivity index (χ4v) is 3.09. The van der Waals surface area contributed by atoms with Gasteiger partial charge in [0.2, 0.25) is 0 Å². The van der Waals surface area contributed by atoms with Crippen LogP contribution in [0.5, 0.6) is 0 Å². The lowest BCUT2D eigenvalue weighted by Crippen LogP contribution is -2.16. The molecule has 0 saturated carbocycles. The second kappa shape index (κ2) is 5.45. The maximum atomic E-state index is 6.26. The van der Waals surface area contributed by atoms with Crippen LogP contribution >= 0.6 is 27.5 Å². The number of benzene rings is 1. The Morgan fingerprint density at radius 2 is 1.55 bits per heavy atom. The van der Waals surface area contributed by atoms with E-state index in [0.717, 1.165) is 15.7 Å². The number of aryl methyl sites for hydroxylation is 2. The van der Waals surface area contributed by atoms with Gasteiger partial charge in [0, 0.05) is 11.0 Å². The van der Waals surface area contributed by atoms with Crippen LogP contribution in [0.4, 0.5) is 0 Å². The normalized spacial score (nSPS) is 11.8. The maximum Gasteiger partial charge on any atom is 0.161 e. The van der Waals surface area contributed by atoms with E-state index in [1.807, 2.05) is 0 Å². The minimum absolute atomic E-state index is 0.0982. The molecule has 4 heteroatoms. The number of nitrogens with zero attached hydrogens (tertiary/aromatic N) is 2. The highest BCUT2D eigenvalue weighted by Crippen LogP contribution is 2.34. The van der Waals surface area contributed by atoms with E-state index in [2.05, 4.69) is 73.7 Å². The molecule has 0 saturated heterocycles. The van der Waals surface area contributed by atoms with E-state index in [1.165, 1.54) is 11.1 Å². The van der Waals surface area contributed by atoms with Crippen LogP contribution in [0.25, 0.3) is 11.4 Å². The van der Waals surface area contributed by atoms with Crippen molar-refractivity contribution in [3.05, 3.63) is 44.6 Å². The zero-order valence-corrected chi connectivity index (χ0v) is 14.7. The largest absolute Gasteiger partial charge is 0.231 e. The van der Waals surface area contributed by atoms with Gasteiger partial charge < -0.3 is 0 Å². The van der Waals surface area contributed by atoms with E-state index in [1.54, 1.807) is 0 Å². The summed E-state index contributed by atoms with van der Waals surface area (Å²) in [5.74, 6) is 0.676. The molecule has 0 aliphatic carbocycles. The molecule has 2 rings (SSSR count). The molecule has 0 amide bonds. The first-order chi connectivity index (χ1) is 9.18. The SMILES string of the molecule is Cc1cc(C)cc(-c2nc(Cl)c(Br)c(C(C)(C)C)n2)c1. The smallest absolute Gasteiger partial charge is 0.161 e. The van der Waals surface area contributed by atoms with Gasteiger partial charge in [0.1, 0.15) is 5.15 Å². The highest BCUT2D eigenvalue weighted by Gasteiger charge is 2.23. The second-order valence-corrected chi connectivity index (χ2v) is 7.28. The average molecular weight is 354 g/mol. The Bertz CT molecular complexity index is 640. The molecule has 0 fully saturated rings. The number of hydrogen-bond donors (Lipinski definition) is 0. The molecule has 0 spiro atoms. The van der Waals surface area contributed by atoms with E-state index in [-0.39, 0.29) is 5.41 Å². The van der Waals surface area contributed by atoms with Crippen molar-refractivity contribution >= 4 is 27.5 Å². The van der Waals surface area contributed by atoms with Gasteiger partial charge in [0.15, 0.2) is 5.82 Å². The van der Waals surface area contributed by atoms with Gasteiger partial charge >= 0.3 is 0 Å². The number of rotatable bonds is 1. The van der Waals surface area contributed by atoms with Gasteiger partial charge in [-0.25, -0.2) is 9.97 Å². The Hall–Kier alpha value is -0.930. The Kier molecular flexibility index (Phi) is 4.22. The summed E-state index contributed by atoms with van der Waals surface area (Å²) < 4.78 is 0.778. The van der Waals surface area contributed by atoms with Gasteiger partial charge in [-0.2, -0.15) is 0 Å². The molecule has 0 bridgehead atoms. The Morgan fingerprint density at radius 1 is 1.00 bits per heavy atom. The summed E-state index contributed by atoms with van der Waals surface area (Å²) in [5.41, 5.74) is 4.22. The third kappa shape index (κ3) is 3.21. The van der Waals surface area contributed by atoms with Gasteiger partial charge in [-0.05, 0) is 41.9 Å². The van der Waals surface area contributed by atoms with E-state index in [4.69, 9.17) is 16.6 Å². The minimum atomic E-state index is -0.0982. The van der Waals surface area contributed by atoms with Crippen molar-refractivity contribution in [3.8, 4) is 11.4 Å². The standard InChI is InChI=1S/C16H18BrClN2/c1-9-6-10(2)8-11(7-9)15-19-13(16(3,4)5)12(17)14(18)20-15/h6-8H,1-5H3. The van der Waals surface area contributed by atoms with Crippen molar-refractivity contribution in [2.45, 2.75) is 40.0 Å². The highest BCUT2D eigenvalue weighted by atomic mass is 79.9. The fourth-order valence-electron chi connectivity index (χ4n) is 2.15. The van der Waals surface area contributed by atoms with Crippen LogP contribution in [0.15, 0.2) is 22.7 Å². The predicted octanol–water partition coefficient (Wildman–Crippen LogP) is 5.47. The first-order valence-corrected chi connectivity index (χ1v) is 7.68. The molecular weight excluding hydrogens is 336 g/mol. The number of hydrogen-bond acceptors (Lipinski definition) is 2. The van der Waals surface area contributed by atoms with E-state index in [9.17, 15) is 0 Å². The molecule has 20 heavy (non-hydrogen) atoms. The van der Waals surface area contributed by atoms with E-state index in [0.29, 0.717) is 11.0 Å². The zero-order chi connectivity index (χ0) is 15.1. The third-order valence-electron chi connectivity index (χ3n) is 3.00. The van der Waals surface area contributed by atoms with E-state index >= 15 is 0 Å². The Balaban J connectivity index is 2.67. The molecular formula is C16H18BrClN2. The van der Waals surface area contributed by atoms with Crippen LogP contribution in [-0.2, 0) is 5.41 Å². The van der Waals surface area contributed by atoms with Crippen molar-refractivity contribution < 1.29 is 0 Å². The summed E-state index contributed by atoms with van der Waals surface area (Å²) in [5, 5.41) is 0.457. The van der Waals surface area contributed by atoms with Crippen molar-refractivity contribution in [1.29, 1.82) is 0 Å².